The standard InChI is InChI=1S/C13H16BrNO4/c1-13(18,12(16)17)8-15-4-5-19-11-6-10(14)3-2-9(11)7-15/h2-3,6,18H,4-5,7-8H2,1H3,(H,16,17). The number of β-amino-alcohol motifs (C(OH)–C–C–N with tert-alkyl or cyclic N) is 1. The number of rotatable bonds is 3. The van der Waals surface area contributed by atoms with Crippen LogP contribution in [0.2, 0.25) is 0 Å². The van der Waals surface area contributed by atoms with Crippen LogP contribution in [-0.4, -0.2) is 46.4 Å². The monoisotopic (exact) mass is 329 g/mol. The van der Waals surface area contributed by atoms with Crippen molar-refractivity contribution in [1.82, 2.24) is 4.90 Å². The summed E-state index contributed by atoms with van der Waals surface area (Å²) in [7, 11) is 0. The lowest BCUT2D eigenvalue weighted by Gasteiger charge is -2.27. The van der Waals surface area contributed by atoms with Gasteiger partial charge in [-0.25, -0.2) is 4.79 Å². The Morgan fingerprint density at radius 1 is 1.58 bits per heavy atom. The molecule has 0 amide bonds. The summed E-state index contributed by atoms with van der Waals surface area (Å²) in [4.78, 5) is 12.8. The van der Waals surface area contributed by atoms with Gasteiger partial charge in [-0.3, -0.25) is 4.90 Å². The summed E-state index contributed by atoms with van der Waals surface area (Å²) >= 11 is 3.39. The van der Waals surface area contributed by atoms with Crippen molar-refractivity contribution in [3.8, 4) is 5.75 Å². The van der Waals surface area contributed by atoms with Gasteiger partial charge >= 0.3 is 5.97 Å². The van der Waals surface area contributed by atoms with E-state index in [9.17, 15) is 9.90 Å². The second-order valence-corrected chi connectivity index (χ2v) is 5.81. The molecule has 1 aliphatic heterocycles. The molecule has 0 fully saturated rings. The van der Waals surface area contributed by atoms with Crippen molar-refractivity contribution < 1.29 is 19.7 Å². The summed E-state index contributed by atoms with van der Waals surface area (Å²) in [6.07, 6.45) is 0. The van der Waals surface area contributed by atoms with E-state index >= 15 is 0 Å². The van der Waals surface area contributed by atoms with Crippen molar-refractivity contribution in [2.75, 3.05) is 19.7 Å². The number of carboxylic acid groups (broad SMARTS) is 1. The molecule has 2 N–H and O–H groups in total. The van der Waals surface area contributed by atoms with Crippen molar-refractivity contribution in [2.24, 2.45) is 0 Å². The number of fused-ring (bicyclic) bond motifs is 1. The first kappa shape index (κ1) is 14.3. The number of ether oxygens (including phenoxy) is 1. The third kappa shape index (κ3) is 3.46. The first-order valence-electron chi connectivity index (χ1n) is 5.98. The van der Waals surface area contributed by atoms with E-state index < -0.39 is 11.6 Å². The van der Waals surface area contributed by atoms with Crippen molar-refractivity contribution in [1.29, 1.82) is 0 Å². The van der Waals surface area contributed by atoms with E-state index in [-0.39, 0.29) is 6.54 Å². The minimum absolute atomic E-state index is 0.0706. The number of nitrogens with zero attached hydrogens (tertiary/aromatic N) is 1. The molecule has 1 unspecified atom stereocenters. The highest BCUT2D eigenvalue weighted by atomic mass is 79.9. The van der Waals surface area contributed by atoms with Crippen LogP contribution in [0.15, 0.2) is 22.7 Å². The molecule has 0 saturated carbocycles. The molecule has 0 spiro atoms. The lowest BCUT2D eigenvalue weighted by Crippen LogP contribution is -2.47. The zero-order valence-corrected chi connectivity index (χ0v) is 12.2. The SMILES string of the molecule is CC(O)(CN1CCOc2cc(Br)ccc2C1)C(=O)O. The molecule has 0 radical (unpaired) electrons. The molecule has 1 aliphatic rings. The molecule has 0 bridgehead atoms. The molecule has 5 nitrogen and oxygen atoms in total. The number of hydrogen-bond donors (Lipinski definition) is 2. The molecule has 1 atom stereocenters. The van der Waals surface area contributed by atoms with E-state index in [0.717, 1.165) is 15.8 Å². The Morgan fingerprint density at radius 3 is 3.00 bits per heavy atom. The van der Waals surface area contributed by atoms with E-state index in [1.807, 2.05) is 23.1 Å². The van der Waals surface area contributed by atoms with Gasteiger partial charge in [-0.05, 0) is 19.1 Å². The molecular weight excluding hydrogens is 314 g/mol. The van der Waals surface area contributed by atoms with Crippen LogP contribution in [0.25, 0.3) is 0 Å². The fourth-order valence-corrected chi connectivity index (χ4v) is 2.38. The number of carboxylic acids is 1. The lowest BCUT2D eigenvalue weighted by molar-refractivity contribution is -0.158. The maximum absolute atomic E-state index is 11.0. The number of benzene rings is 1. The number of hydrogen-bond acceptors (Lipinski definition) is 4. The molecule has 1 heterocycles. The van der Waals surface area contributed by atoms with Crippen molar-refractivity contribution in [3.63, 3.8) is 0 Å². The maximum Gasteiger partial charge on any atom is 0.336 e. The Hall–Kier alpha value is -1.11. The van der Waals surface area contributed by atoms with Crippen molar-refractivity contribution >= 4 is 21.9 Å². The highest BCUT2D eigenvalue weighted by Gasteiger charge is 2.33. The minimum Gasteiger partial charge on any atom is -0.492 e. The van der Waals surface area contributed by atoms with Crippen molar-refractivity contribution in [2.45, 2.75) is 19.1 Å². The van der Waals surface area contributed by atoms with Crippen LogP contribution in [0, 0.1) is 0 Å². The summed E-state index contributed by atoms with van der Waals surface area (Å²) < 4.78 is 6.58. The number of aliphatic carboxylic acids is 1. The second kappa shape index (κ2) is 5.48. The van der Waals surface area contributed by atoms with Crippen LogP contribution in [0.3, 0.4) is 0 Å². The molecule has 0 aliphatic carbocycles. The third-order valence-electron chi connectivity index (χ3n) is 3.08. The molecule has 104 valence electrons. The van der Waals surface area contributed by atoms with Gasteiger partial charge in [0, 0.05) is 29.7 Å². The molecule has 19 heavy (non-hydrogen) atoms. The minimum atomic E-state index is -1.75. The molecule has 0 saturated heterocycles. The Bertz CT molecular complexity index is 490. The van der Waals surface area contributed by atoms with Gasteiger partial charge in [0.05, 0.1) is 0 Å². The van der Waals surface area contributed by atoms with E-state index in [0.29, 0.717) is 19.7 Å². The Kier molecular flexibility index (Phi) is 4.13. The highest BCUT2D eigenvalue weighted by Crippen LogP contribution is 2.27. The predicted molar refractivity (Wildman–Crippen MR) is 73.2 cm³/mol. The van der Waals surface area contributed by atoms with Crippen LogP contribution >= 0.6 is 15.9 Å². The quantitative estimate of drug-likeness (QED) is 0.879. The molecule has 1 aromatic carbocycles. The largest absolute Gasteiger partial charge is 0.492 e. The zero-order valence-electron chi connectivity index (χ0n) is 10.6. The van der Waals surface area contributed by atoms with Gasteiger partial charge in [0.25, 0.3) is 0 Å². The molecule has 2 rings (SSSR count). The average Bonchev–Trinajstić information content (AvgIpc) is 2.49. The van der Waals surface area contributed by atoms with E-state index in [2.05, 4.69) is 15.9 Å². The van der Waals surface area contributed by atoms with Gasteiger partial charge in [-0.1, -0.05) is 22.0 Å². The van der Waals surface area contributed by atoms with Gasteiger partial charge in [-0.2, -0.15) is 0 Å². The molecule has 0 aromatic heterocycles. The molecule has 1 aromatic rings. The Balaban J connectivity index is 2.14. The average molecular weight is 330 g/mol. The number of carbonyl (C=O) groups is 1. The summed E-state index contributed by atoms with van der Waals surface area (Å²) in [5.41, 5.74) is -0.762. The first-order valence-corrected chi connectivity index (χ1v) is 6.77. The van der Waals surface area contributed by atoms with Crippen molar-refractivity contribution in [3.05, 3.63) is 28.2 Å². The summed E-state index contributed by atoms with van der Waals surface area (Å²) in [5.74, 6) is -0.416. The van der Waals surface area contributed by atoms with Gasteiger partial charge in [0.15, 0.2) is 5.60 Å². The summed E-state index contributed by atoms with van der Waals surface area (Å²) in [6, 6.07) is 5.75. The zero-order chi connectivity index (χ0) is 14.0. The Labute approximate surface area is 119 Å². The smallest absolute Gasteiger partial charge is 0.336 e. The van der Waals surface area contributed by atoms with Crippen LogP contribution in [0.1, 0.15) is 12.5 Å². The van der Waals surface area contributed by atoms with Crippen LogP contribution in [-0.2, 0) is 11.3 Å². The summed E-state index contributed by atoms with van der Waals surface area (Å²) in [6.45, 7) is 2.99. The second-order valence-electron chi connectivity index (χ2n) is 4.89. The molecule has 6 heteroatoms. The van der Waals surface area contributed by atoms with Gasteiger partial charge in [-0.15, -0.1) is 0 Å². The van der Waals surface area contributed by atoms with Crippen LogP contribution in [0.4, 0.5) is 0 Å². The van der Waals surface area contributed by atoms with Crippen LogP contribution in [0.5, 0.6) is 5.75 Å². The normalized spacial score (nSPS) is 18.9. The van der Waals surface area contributed by atoms with Crippen LogP contribution < -0.4 is 4.74 Å². The first-order chi connectivity index (χ1) is 8.88. The van der Waals surface area contributed by atoms with Gasteiger partial charge in [0.2, 0.25) is 0 Å². The predicted octanol–water partition coefficient (Wildman–Crippen LogP) is 1.48. The Morgan fingerprint density at radius 2 is 2.32 bits per heavy atom. The number of halogens is 1. The fourth-order valence-electron chi connectivity index (χ4n) is 2.04. The fraction of sp³-hybridized carbons (Fsp3) is 0.462. The highest BCUT2D eigenvalue weighted by molar-refractivity contribution is 9.10. The van der Waals surface area contributed by atoms with Gasteiger partial charge < -0.3 is 14.9 Å². The van der Waals surface area contributed by atoms with E-state index in [4.69, 9.17) is 9.84 Å². The molecular formula is C13H16BrNO4. The van der Waals surface area contributed by atoms with Gasteiger partial charge in [0.1, 0.15) is 12.4 Å². The summed E-state index contributed by atoms with van der Waals surface area (Å²) in [5, 5.41) is 18.8. The van der Waals surface area contributed by atoms with E-state index in [1.165, 1.54) is 6.92 Å². The lowest BCUT2D eigenvalue weighted by atomic mass is 10.1. The maximum atomic E-state index is 11.0. The number of aliphatic hydroxyl groups is 1. The third-order valence-corrected chi connectivity index (χ3v) is 3.57. The topological polar surface area (TPSA) is 70.0 Å². The van der Waals surface area contributed by atoms with E-state index in [1.54, 1.807) is 0 Å².